The van der Waals surface area contributed by atoms with E-state index in [1.807, 2.05) is 20.0 Å². The highest BCUT2D eigenvalue weighted by Gasteiger charge is 2.33. The Morgan fingerprint density at radius 1 is 1.36 bits per heavy atom. The molecular formula is C19H20ClN3O2. The van der Waals surface area contributed by atoms with Gasteiger partial charge >= 0.3 is 0 Å². The maximum absolute atomic E-state index is 12.7. The van der Waals surface area contributed by atoms with Crippen molar-refractivity contribution in [3.8, 4) is 5.88 Å². The van der Waals surface area contributed by atoms with Crippen LogP contribution in [0.25, 0.3) is 0 Å². The number of aromatic nitrogens is 2. The van der Waals surface area contributed by atoms with Crippen molar-refractivity contribution in [2.24, 2.45) is 0 Å². The molecule has 2 aromatic rings. The van der Waals surface area contributed by atoms with Gasteiger partial charge in [0.2, 0.25) is 5.88 Å². The fraction of sp³-hybridized carbons (Fsp3) is 0.421. The second kappa shape index (κ2) is 6.30. The minimum Gasteiger partial charge on any atom is -0.474 e. The largest absolute Gasteiger partial charge is 0.474 e. The third-order valence-electron chi connectivity index (χ3n) is 5.15. The topological polar surface area (TPSA) is 55.3 Å². The van der Waals surface area contributed by atoms with Crippen LogP contribution in [0.4, 0.5) is 0 Å². The molecule has 0 bridgehead atoms. The number of hydrogen-bond donors (Lipinski definition) is 0. The summed E-state index contributed by atoms with van der Waals surface area (Å²) in [5, 5.41) is 0.402. The number of aryl methyl sites for hydroxylation is 1. The molecule has 1 saturated carbocycles. The minimum absolute atomic E-state index is 0.0146. The third-order valence-corrected chi connectivity index (χ3v) is 5.48. The highest BCUT2D eigenvalue weighted by molar-refractivity contribution is 6.30. The SMILES string of the molecule is Cc1cc(C(C)N2Cc3c(ccnc3Cl)C2=O)cnc1OC1CCC1. The Morgan fingerprint density at radius 2 is 2.16 bits per heavy atom. The molecule has 0 saturated heterocycles. The number of hydrogen-bond acceptors (Lipinski definition) is 4. The van der Waals surface area contributed by atoms with E-state index >= 15 is 0 Å². The van der Waals surface area contributed by atoms with E-state index in [0.717, 1.165) is 29.5 Å². The summed E-state index contributed by atoms with van der Waals surface area (Å²) < 4.78 is 5.91. The van der Waals surface area contributed by atoms with Crippen LogP contribution in [0, 0.1) is 6.92 Å². The van der Waals surface area contributed by atoms with Crippen LogP contribution in [0.3, 0.4) is 0 Å². The maximum Gasteiger partial charge on any atom is 0.255 e. The van der Waals surface area contributed by atoms with E-state index in [4.69, 9.17) is 16.3 Å². The zero-order valence-electron chi connectivity index (χ0n) is 14.3. The number of ether oxygens (including phenoxy) is 1. The fourth-order valence-corrected chi connectivity index (χ4v) is 3.51. The number of carbonyl (C=O) groups is 1. The number of fused-ring (bicyclic) bond motifs is 1. The van der Waals surface area contributed by atoms with Crippen molar-refractivity contribution in [3.63, 3.8) is 0 Å². The van der Waals surface area contributed by atoms with Gasteiger partial charge in [0.15, 0.2) is 0 Å². The maximum atomic E-state index is 12.7. The molecule has 1 aliphatic heterocycles. The first-order valence-electron chi connectivity index (χ1n) is 8.62. The molecule has 3 heterocycles. The standard InChI is InChI=1S/C19H20ClN3O2/c1-11-8-13(9-22-18(11)25-14-4-3-5-14)12(2)23-10-16-15(19(23)24)6-7-21-17(16)20/h6-9,12,14H,3-5,10H2,1-2H3. The highest BCUT2D eigenvalue weighted by atomic mass is 35.5. The average Bonchev–Trinajstić information content (AvgIpc) is 2.90. The third kappa shape index (κ3) is 2.86. The van der Waals surface area contributed by atoms with Gasteiger partial charge in [-0.05, 0) is 50.8 Å². The monoisotopic (exact) mass is 357 g/mol. The van der Waals surface area contributed by atoms with Crippen LogP contribution in [0.1, 0.15) is 59.3 Å². The van der Waals surface area contributed by atoms with Crippen LogP contribution in [-0.2, 0) is 6.54 Å². The summed E-state index contributed by atoms with van der Waals surface area (Å²) in [6.45, 7) is 4.48. The van der Waals surface area contributed by atoms with Crippen molar-refractivity contribution in [1.29, 1.82) is 0 Å². The summed E-state index contributed by atoms with van der Waals surface area (Å²) in [7, 11) is 0. The Balaban J connectivity index is 1.55. The normalized spacial score (nSPS) is 18.0. The predicted molar refractivity (Wildman–Crippen MR) is 94.8 cm³/mol. The molecule has 2 aliphatic rings. The summed E-state index contributed by atoms with van der Waals surface area (Å²) >= 11 is 6.15. The lowest BCUT2D eigenvalue weighted by molar-refractivity contribution is 0.0715. The van der Waals surface area contributed by atoms with E-state index in [0.29, 0.717) is 29.2 Å². The molecule has 1 fully saturated rings. The number of pyridine rings is 2. The van der Waals surface area contributed by atoms with Gasteiger partial charge in [-0.25, -0.2) is 9.97 Å². The smallest absolute Gasteiger partial charge is 0.255 e. The van der Waals surface area contributed by atoms with Crippen LogP contribution < -0.4 is 4.74 Å². The Kier molecular flexibility index (Phi) is 4.12. The number of carbonyl (C=O) groups excluding carboxylic acids is 1. The lowest BCUT2D eigenvalue weighted by atomic mass is 9.96. The summed E-state index contributed by atoms with van der Waals surface area (Å²) in [5.74, 6) is 0.683. The van der Waals surface area contributed by atoms with Crippen molar-refractivity contribution < 1.29 is 9.53 Å². The van der Waals surface area contributed by atoms with Gasteiger partial charge in [0.05, 0.1) is 12.6 Å². The van der Waals surface area contributed by atoms with Gasteiger partial charge in [-0.15, -0.1) is 0 Å². The van der Waals surface area contributed by atoms with Crippen LogP contribution in [0.15, 0.2) is 24.5 Å². The second-order valence-corrected chi connectivity index (χ2v) is 7.16. The molecule has 1 amide bonds. The molecule has 1 atom stereocenters. The van der Waals surface area contributed by atoms with E-state index < -0.39 is 0 Å². The predicted octanol–water partition coefficient (Wildman–Crippen LogP) is 4.09. The Labute approximate surface area is 152 Å². The molecule has 5 nitrogen and oxygen atoms in total. The van der Waals surface area contributed by atoms with E-state index in [1.165, 1.54) is 6.42 Å². The lowest BCUT2D eigenvalue weighted by Crippen LogP contribution is -2.28. The molecule has 0 spiro atoms. The zero-order valence-corrected chi connectivity index (χ0v) is 15.1. The molecular weight excluding hydrogens is 338 g/mol. The Hall–Kier alpha value is -2.14. The van der Waals surface area contributed by atoms with Crippen molar-refractivity contribution >= 4 is 17.5 Å². The van der Waals surface area contributed by atoms with E-state index in [2.05, 4.69) is 16.0 Å². The molecule has 0 aromatic carbocycles. The van der Waals surface area contributed by atoms with Crippen LogP contribution >= 0.6 is 11.6 Å². The molecule has 0 N–H and O–H groups in total. The van der Waals surface area contributed by atoms with Crippen molar-refractivity contribution in [2.45, 2.75) is 51.8 Å². The van der Waals surface area contributed by atoms with Gasteiger partial charge < -0.3 is 9.64 Å². The van der Waals surface area contributed by atoms with E-state index in [1.54, 1.807) is 17.2 Å². The zero-order chi connectivity index (χ0) is 17.6. The van der Waals surface area contributed by atoms with Gasteiger partial charge in [0, 0.05) is 29.1 Å². The quantitative estimate of drug-likeness (QED) is 0.773. The van der Waals surface area contributed by atoms with Gasteiger partial charge in [0.25, 0.3) is 5.91 Å². The van der Waals surface area contributed by atoms with Crippen molar-refractivity contribution in [2.75, 3.05) is 0 Å². The molecule has 25 heavy (non-hydrogen) atoms. The van der Waals surface area contributed by atoms with E-state index in [-0.39, 0.29) is 11.9 Å². The van der Waals surface area contributed by atoms with Crippen molar-refractivity contribution in [3.05, 3.63) is 51.9 Å². The van der Waals surface area contributed by atoms with Crippen LogP contribution in [0.2, 0.25) is 5.15 Å². The summed E-state index contributed by atoms with van der Waals surface area (Å²) in [5.41, 5.74) is 3.43. The number of halogens is 1. The summed E-state index contributed by atoms with van der Waals surface area (Å²) in [6, 6.07) is 3.69. The number of rotatable bonds is 4. The first-order chi connectivity index (χ1) is 12.0. The fourth-order valence-electron chi connectivity index (χ4n) is 3.29. The van der Waals surface area contributed by atoms with Crippen LogP contribution in [0.5, 0.6) is 5.88 Å². The average molecular weight is 358 g/mol. The van der Waals surface area contributed by atoms with Gasteiger partial charge in [-0.1, -0.05) is 11.6 Å². The molecule has 1 unspecified atom stereocenters. The minimum atomic E-state index is -0.0973. The van der Waals surface area contributed by atoms with E-state index in [9.17, 15) is 4.79 Å². The molecule has 2 aromatic heterocycles. The van der Waals surface area contributed by atoms with Crippen molar-refractivity contribution in [1.82, 2.24) is 14.9 Å². The number of amides is 1. The molecule has 4 rings (SSSR count). The number of nitrogens with zero attached hydrogens (tertiary/aromatic N) is 3. The van der Waals surface area contributed by atoms with Crippen LogP contribution in [-0.4, -0.2) is 26.9 Å². The summed E-state index contributed by atoms with van der Waals surface area (Å²) in [4.78, 5) is 23.1. The summed E-state index contributed by atoms with van der Waals surface area (Å²) in [6.07, 6.45) is 7.13. The molecule has 1 aliphatic carbocycles. The highest BCUT2D eigenvalue weighted by Crippen LogP contribution is 2.34. The lowest BCUT2D eigenvalue weighted by Gasteiger charge is -2.28. The Bertz CT molecular complexity index is 835. The molecule has 130 valence electrons. The van der Waals surface area contributed by atoms with Gasteiger partial charge in [-0.3, -0.25) is 4.79 Å². The Morgan fingerprint density at radius 3 is 2.80 bits per heavy atom. The second-order valence-electron chi connectivity index (χ2n) is 6.80. The van der Waals surface area contributed by atoms with Gasteiger partial charge in [0.1, 0.15) is 11.3 Å². The molecule has 0 radical (unpaired) electrons. The first-order valence-corrected chi connectivity index (χ1v) is 9.00. The molecule has 6 heteroatoms. The first kappa shape index (κ1) is 16.3. The van der Waals surface area contributed by atoms with Gasteiger partial charge in [-0.2, -0.15) is 0 Å².